The third-order valence-corrected chi connectivity index (χ3v) is 6.27. The highest BCUT2D eigenvalue weighted by Gasteiger charge is 2.32. The smallest absolute Gasteiger partial charge is 0.251 e. The van der Waals surface area contributed by atoms with E-state index in [9.17, 15) is 9.59 Å². The van der Waals surface area contributed by atoms with E-state index in [1.807, 2.05) is 44.2 Å². The molecule has 2 N–H and O–H groups in total. The monoisotopic (exact) mass is 437 g/mol. The Bertz CT molecular complexity index is 883. The zero-order valence-electron chi connectivity index (χ0n) is 19.5. The van der Waals surface area contributed by atoms with Crippen LogP contribution in [0.3, 0.4) is 0 Å². The van der Waals surface area contributed by atoms with Crippen molar-refractivity contribution in [3.8, 4) is 5.75 Å². The van der Waals surface area contributed by atoms with Crippen LogP contribution in [-0.2, 0) is 4.79 Å². The van der Waals surface area contributed by atoms with Crippen LogP contribution in [0, 0.1) is 11.8 Å². The number of likely N-dealkylation sites (tertiary alicyclic amines) is 1. The number of carbonyl (C=O) groups is 2. The molecule has 3 atom stereocenters. The molecule has 1 fully saturated rings. The molecular formula is C26H35N3O3. The van der Waals surface area contributed by atoms with Gasteiger partial charge in [0, 0.05) is 18.2 Å². The van der Waals surface area contributed by atoms with E-state index in [0.29, 0.717) is 18.0 Å². The van der Waals surface area contributed by atoms with Crippen LogP contribution in [0.2, 0.25) is 0 Å². The molecular weight excluding hydrogens is 402 g/mol. The predicted molar refractivity (Wildman–Crippen MR) is 127 cm³/mol. The van der Waals surface area contributed by atoms with Crippen LogP contribution in [-0.4, -0.2) is 50.0 Å². The maximum Gasteiger partial charge on any atom is 0.251 e. The lowest BCUT2D eigenvalue weighted by Crippen LogP contribution is -2.51. The molecule has 172 valence electrons. The summed E-state index contributed by atoms with van der Waals surface area (Å²) in [6.45, 7) is 5.50. The van der Waals surface area contributed by atoms with Crippen LogP contribution in [0.5, 0.6) is 5.75 Å². The van der Waals surface area contributed by atoms with Crippen LogP contribution < -0.4 is 15.4 Å². The Hall–Kier alpha value is -2.86. The third-order valence-electron chi connectivity index (χ3n) is 6.27. The van der Waals surface area contributed by atoms with E-state index in [1.165, 1.54) is 5.56 Å². The van der Waals surface area contributed by atoms with Gasteiger partial charge in [0.05, 0.1) is 7.11 Å². The van der Waals surface area contributed by atoms with E-state index in [2.05, 4.69) is 34.7 Å². The summed E-state index contributed by atoms with van der Waals surface area (Å²) < 4.78 is 5.30. The van der Waals surface area contributed by atoms with Crippen molar-refractivity contribution in [2.45, 2.75) is 38.8 Å². The number of piperidine rings is 1. The Morgan fingerprint density at radius 3 is 2.41 bits per heavy atom. The Kier molecular flexibility index (Phi) is 8.28. The summed E-state index contributed by atoms with van der Waals surface area (Å²) >= 11 is 0. The number of hydrogen-bond acceptors (Lipinski definition) is 4. The molecule has 1 saturated heterocycles. The minimum absolute atomic E-state index is 0.0194. The van der Waals surface area contributed by atoms with E-state index >= 15 is 0 Å². The average Bonchev–Trinajstić information content (AvgIpc) is 2.81. The first-order valence-corrected chi connectivity index (χ1v) is 11.4. The van der Waals surface area contributed by atoms with Gasteiger partial charge in [-0.15, -0.1) is 0 Å². The molecule has 2 aromatic rings. The second-order valence-corrected chi connectivity index (χ2v) is 8.91. The summed E-state index contributed by atoms with van der Waals surface area (Å²) in [4.78, 5) is 28.0. The number of carbonyl (C=O) groups excluding carboxylic acids is 2. The van der Waals surface area contributed by atoms with Crippen molar-refractivity contribution in [2.24, 2.45) is 11.8 Å². The van der Waals surface area contributed by atoms with E-state index in [-0.39, 0.29) is 23.8 Å². The van der Waals surface area contributed by atoms with E-state index < -0.39 is 6.04 Å². The van der Waals surface area contributed by atoms with Gasteiger partial charge in [-0.1, -0.05) is 44.2 Å². The molecule has 32 heavy (non-hydrogen) atoms. The molecule has 6 heteroatoms. The molecule has 0 radical (unpaired) electrons. The number of nitrogens with zero attached hydrogens (tertiary/aromatic N) is 1. The standard InChI is InChI=1S/C26H35N3O3/c1-18(2)23(28-25(30)20-9-6-5-7-10-20)26(31)27-17-21-11-8-16-29(3)24(21)19-12-14-22(32-4)15-13-19/h5-7,9-10,12-15,18,21,23-24H,8,11,16-17H2,1-4H3,(H,27,31)(H,28,30). The van der Waals surface area contributed by atoms with E-state index in [1.54, 1.807) is 19.2 Å². The fourth-order valence-electron chi connectivity index (χ4n) is 4.49. The zero-order valence-corrected chi connectivity index (χ0v) is 19.5. The number of benzene rings is 2. The molecule has 1 aliphatic rings. The lowest BCUT2D eigenvalue weighted by Gasteiger charge is -2.40. The van der Waals surface area contributed by atoms with Crippen LogP contribution in [0.4, 0.5) is 0 Å². The second-order valence-electron chi connectivity index (χ2n) is 8.91. The number of methoxy groups -OCH3 is 1. The van der Waals surface area contributed by atoms with Crippen molar-refractivity contribution in [3.63, 3.8) is 0 Å². The third kappa shape index (κ3) is 5.88. The number of ether oxygens (including phenoxy) is 1. The second kappa shape index (κ2) is 11.1. The normalized spacial score (nSPS) is 19.9. The maximum absolute atomic E-state index is 13.0. The van der Waals surface area contributed by atoms with Gasteiger partial charge in [0.2, 0.25) is 5.91 Å². The summed E-state index contributed by atoms with van der Waals surface area (Å²) in [5.74, 6) is 0.753. The van der Waals surface area contributed by atoms with Gasteiger partial charge in [0.25, 0.3) is 5.91 Å². The molecule has 6 nitrogen and oxygen atoms in total. The van der Waals surface area contributed by atoms with Gasteiger partial charge in [-0.3, -0.25) is 14.5 Å². The fourth-order valence-corrected chi connectivity index (χ4v) is 4.49. The van der Waals surface area contributed by atoms with Gasteiger partial charge < -0.3 is 15.4 Å². The zero-order chi connectivity index (χ0) is 23.1. The van der Waals surface area contributed by atoms with Crippen molar-refractivity contribution >= 4 is 11.8 Å². The Morgan fingerprint density at radius 2 is 1.78 bits per heavy atom. The summed E-state index contributed by atoms with van der Waals surface area (Å²) in [6.07, 6.45) is 2.14. The average molecular weight is 438 g/mol. The maximum atomic E-state index is 13.0. The molecule has 0 saturated carbocycles. The molecule has 1 heterocycles. The summed E-state index contributed by atoms with van der Waals surface area (Å²) in [5.41, 5.74) is 1.78. The molecule has 2 aromatic carbocycles. The largest absolute Gasteiger partial charge is 0.497 e. The van der Waals surface area contributed by atoms with Gasteiger partial charge in [-0.05, 0) is 68.1 Å². The van der Waals surface area contributed by atoms with Crippen LogP contribution in [0.1, 0.15) is 48.7 Å². The first kappa shape index (κ1) is 23.8. The van der Waals surface area contributed by atoms with Crippen molar-refractivity contribution < 1.29 is 14.3 Å². The molecule has 0 aliphatic carbocycles. The summed E-state index contributed by atoms with van der Waals surface area (Å²) in [6, 6.07) is 16.8. The van der Waals surface area contributed by atoms with Crippen molar-refractivity contribution in [3.05, 3.63) is 65.7 Å². The topological polar surface area (TPSA) is 70.7 Å². The van der Waals surface area contributed by atoms with Crippen LogP contribution >= 0.6 is 0 Å². The van der Waals surface area contributed by atoms with Crippen molar-refractivity contribution in [2.75, 3.05) is 27.2 Å². The van der Waals surface area contributed by atoms with Gasteiger partial charge in [0.1, 0.15) is 11.8 Å². The lowest BCUT2D eigenvalue weighted by molar-refractivity contribution is -0.124. The Morgan fingerprint density at radius 1 is 1.09 bits per heavy atom. The van der Waals surface area contributed by atoms with Crippen molar-refractivity contribution in [1.82, 2.24) is 15.5 Å². The molecule has 0 aromatic heterocycles. The lowest BCUT2D eigenvalue weighted by atomic mass is 9.84. The highest BCUT2D eigenvalue weighted by Crippen LogP contribution is 2.35. The Balaban J connectivity index is 1.66. The van der Waals surface area contributed by atoms with E-state index in [4.69, 9.17) is 4.74 Å². The summed E-state index contributed by atoms with van der Waals surface area (Å²) in [5, 5.41) is 6.04. The van der Waals surface area contributed by atoms with Crippen LogP contribution in [0.15, 0.2) is 54.6 Å². The molecule has 0 bridgehead atoms. The Labute approximate surface area is 191 Å². The first-order valence-electron chi connectivity index (χ1n) is 11.4. The summed E-state index contributed by atoms with van der Waals surface area (Å²) in [7, 11) is 3.81. The minimum atomic E-state index is -0.580. The molecule has 0 spiro atoms. The number of amides is 2. The highest BCUT2D eigenvalue weighted by atomic mass is 16.5. The van der Waals surface area contributed by atoms with Crippen molar-refractivity contribution in [1.29, 1.82) is 0 Å². The first-order chi connectivity index (χ1) is 15.4. The SMILES string of the molecule is COc1ccc(C2C(CNC(=O)C(NC(=O)c3ccccc3)C(C)C)CCCN2C)cc1. The van der Waals surface area contributed by atoms with Crippen LogP contribution in [0.25, 0.3) is 0 Å². The molecule has 2 amide bonds. The van der Waals surface area contributed by atoms with Gasteiger partial charge in [0.15, 0.2) is 0 Å². The number of hydrogen-bond donors (Lipinski definition) is 2. The number of nitrogens with one attached hydrogen (secondary N) is 2. The van der Waals surface area contributed by atoms with Gasteiger partial charge >= 0.3 is 0 Å². The van der Waals surface area contributed by atoms with Gasteiger partial charge in [-0.2, -0.15) is 0 Å². The minimum Gasteiger partial charge on any atom is -0.497 e. The molecule has 3 unspecified atom stereocenters. The number of rotatable bonds is 8. The molecule has 1 aliphatic heterocycles. The molecule has 3 rings (SSSR count). The van der Waals surface area contributed by atoms with Gasteiger partial charge in [-0.25, -0.2) is 0 Å². The quantitative estimate of drug-likeness (QED) is 0.661. The predicted octanol–water partition coefficient (Wildman–Crippen LogP) is 3.65. The highest BCUT2D eigenvalue weighted by molar-refractivity contribution is 5.97. The fraction of sp³-hybridized carbons (Fsp3) is 0.462. The van der Waals surface area contributed by atoms with E-state index in [0.717, 1.165) is 25.1 Å².